The van der Waals surface area contributed by atoms with Crippen LogP contribution in [0.4, 0.5) is 13.2 Å². The SMILES string of the molecule is O=C([O-])/C=C/c1ccccc1OS(=O)(=O)C(F)(F)F. The molecule has 9 heteroatoms. The number of carbonyl (C=O) groups excluding carboxylic acids is 1. The fourth-order valence-corrected chi connectivity index (χ4v) is 1.50. The normalized spacial score (nSPS) is 12.6. The van der Waals surface area contributed by atoms with Crippen molar-refractivity contribution in [2.24, 2.45) is 0 Å². The number of carboxylic acid groups (broad SMARTS) is 1. The van der Waals surface area contributed by atoms with Crippen molar-refractivity contribution in [2.75, 3.05) is 0 Å². The summed E-state index contributed by atoms with van der Waals surface area (Å²) >= 11 is 0. The van der Waals surface area contributed by atoms with Crippen molar-refractivity contribution in [2.45, 2.75) is 5.51 Å². The van der Waals surface area contributed by atoms with Crippen LogP contribution in [0.15, 0.2) is 30.3 Å². The number of benzene rings is 1. The molecule has 1 aromatic carbocycles. The van der Waals surface area contributed by atoms with Crippen LogP contribution in [0.1, 0.15) is 5.56 Å². The van der Waals surface area contributed by atoms with Gasteiger partial charge in [-0.05, 0) is 18.2 Å². The molecule has 5 nitrogen and oxygen atoms in total. The van der Waals surface area contributed by atoms with Crippen molar-refractivity contribution in [1.29, 1.82) is 0 Å². The molecule has 0 saturated heterocycles. The van der Waals surface area contributed by atoms with Crippen molar-refractivity contribution in [1.82, 2.24) is 0 Å². The van der Waals surface area contributed by atoms with E-state index in [1.54, 1.807) is 0 Å². The Labute approximate surface area is 106 Å². The summed E-state index contributed by atoms with van der Waals surface area (Å²) < 4.78 is 61.9. The first kappa shape index (κ1) is 15.0. The van der Waals surface area contributed by atoms with Crippen LogP contribution in [0.2, 0.25) is 0 Å². The highest BCUT2D eigenvalue weighted by atomic mass is 32.2. The van der Waals surface area contributed by atoms with E-state index < -0.39 is 27.3 Å². The van der Waals surface area contributed by atoms with E-state index in [0.29, 0.717) is 6.08 Å². The fourth-order valence-electron chi connectivity index (χ4n) is 1.02. The number of para-hydroxylation sites is 1. The average molecular weight is 295 g/mol. The van der Waals surface area contributed by atoms with Gasteiger partial charge in [0.2, 0.25) is 0 Å². The van der Waals surface area contributed by atoms with E-state index in [9.17, 15) is 31.5 Å². The molecule has 0 amide bonds. The van der Waals surface area contributed by atoms with E-state index in [1.165, 1.54) is 18.2 Å². The first-order valence-electron chi connectivity index (χ1n) is 4.62. The molecule has 0 radical (unpaired) electrons. The molecule has 1 rings (SSSR count). The lowest BCUT2D eigenvalue weighted by Gasteiger charge is -2.11. The Morgan fingerprint density at radius 1 is 1.26 bits per heavy atom. The predicted molar refractivity (Wildman–Crippen MR) is 56.1 cm³/mol. The summed E-state index contributed by atoms with van der Waals surface area (Å²) in [5, 5.41) is 10.2. The maximum Gasteiger partial charge on any atom is 0.534 e. The van der Waals surface area contributed by atoms with Gasteiger partial charge in [0, 0.05) is 5.56 Å². The standard InChI is InChI=1S/C10H7F3O5S/c11-10(12,13)19(16,17)18-8-4-2-1-3-7(8)5-6-9(14)15/h1-6H,(H,14,15)/p-1/b6-5+. The molecule has 0 aliphatic rings. The second kappa shape index (κ2) is 5.31. The summed E-state index contributed by atoms with van der Waals surface area (Å²) in [6.07, 6.45) is 1.39. The van der Waals surface area contributed by atoms with Crippen LogP contribution in [0.5, 0.6) is 5.75 Å². The van der Waals surface area contributed by atoms with E-state index in [4.69, 9.17) is 0 Å². The number of carbonyl (C=O) groups is 1. The largest absolute Gasteiger partial charge is 0.545 e. The summed E-state index contributed by atoms with van der Waals surface area (Å²) in [4.78, 5) is 10.2. The van der Waals surface area contributed by atoms with Crippen molar-refractivity contribution >= 4 is 22.2 Å². The second-order valence-corrected chi connectivity index (χ2v) is 4.71. The predicted octanol–water partition coefficient (Wildman–Crippen LogP) is 0.678. The monoisotopic (exact) mass is 295 g/mol. The van der Waals surface area contributed by atoms with Crippen molar-refractivity contribution in [3.8, 4) is 5.75 Å². The number of aliphatic carboxylic acids is 1. The van der Waals surface area contributed by atoms with Crippen molar-refractivity contribution < 1.29 is 35.7 Å². The Hall–Kier alpha value is -2.03. The molecular weight excluding hydrogens is 289 g/mol. The van der Waals surface area contributed by atoms with E-state index in [1.807, 2.05) is 0 Å². The molecule has 0 bridgehead atoms. The summed E-state index contributed by atoms with van der Waals surface area (Å²) in [7, 11) is -5.81. The highest BCUT2D eigenvalue weighted by molar-refractivity contribution is 7.88. The Bertz CT molecular complexity index is 604. The quantitative estimate of drug-likeness (QED) is 0.463. The number of hydrogen-bond acceptors (Lipinski definition) is 5. The Morgan fingerprint density at radius 3 is 2.37 bits per heavy atom. The minimum atomic E-state index is -5.81. The second-order valence-electron chi connectivity index (χ2n) is 3.17. The molecule has 0 aliphatic heterocycles. The molecule has 1 aromatic rings. The van der Waals surface area contributed by atoms with Gasteiger partial charge in [-0.25, -0.2) is 0 Å². The highest BCUT2D eigenvalue weighted by Crippen LogP contribution is 2.29. The van der Waals surface area contributed by atoms with Gasteiger partial charge in [-0.1, -0.05) is 18.2 Å². The zero-order chi connectivity index (χ0) is 14.7. The molecule has 0 aliphatic carbocycles. The molecule has 0 heterocycles. The van der Waals surface area contributed by atoms with Crippen LogP contribution >= 0.6 is 0 Å². The van der Waals surface area contributed by atoms with Crippen LogP contribution in [-0.2, 0) is 14.9 Å². The minimum Gasteiger partial charge on any atom is -0.545 e. The average Bonchev–Trinajstić information content (AvgIpc) is 2.25. The molecule has 104 valence electrons. The maximum absolute atomic E-state index is 12.1. The van der Waals surface area contributed by atoms with Crippen LogP contribution in [0.3, 0.4) is 0 Å². The van der Waals surface area contributed by atoms with Gasteiger partial charge in [0.25, 0.3) is 0 Å². The van der Waals surface area contributed by atoms with Crippen molar-refractivity contribution in [3.63, 3.8) is 0 Å². The van der Waals surface area contributed by atoms with Gasteiger partial charge in [0.15, 0.2) is 0 Å². The van der Waals surface area contributed by atoms with Gasteiger partial charge in [-0.2, -0.15) is 21.6 Å². The van der Waals surface area contributed by atoms with E-state index >= 15 is 0 Å². The summed E-state index contributed by atoms with van der Waals surface area (Å²) in [5.74, 6) is -2.23. The van der Waals surface area contributed by atoms with Crippen LogP contribution in [0, 0.1) is 0 Å². The summed E-state index contributed by atoms with van der Waals surface area (Å²) in [6, 6.07) is 4.73. The number of carboxylic acids is 1. The third kappa shape index (κ3) is 3.98. The third-order valence-electron chi connectivity index (χ3n) is 1.80. The van der Waals surface area contributed by atoms with Crippen molar-refractivity contribution in [3.05, 3.63) is 35.9 Å². The first-order chi connectivity index (χ1) is 8.63. The molecule has 0 unspecified atom stereocenters. The summed E-state index contributed by atoms with van der Waals surface area (Å²) in [5.41, 5.74) is -5.72. The van der Waals surface area contributed by atoms with Crippen LogP contribution < -0.4 is 9.29 Å². The van der Waals surface area contributed by atoms with Crippen LogP contribution in [-0.4, -0.2) is 19.9 Å². The zero-order valence-corrected chi connectivity index (χ0v) is 9.86. The highest BCUT2D eigenvalue weighted by Gasteiger charge is 2.48. The Kier molecular flexibility index (Phi) is 4.20. The zero-order valence-electron chi connectivity index (χ0n) is 9.05. The Morgan fingerprint density at radius 2 is 1.84 bits per heavy atom. The molecular formula is C10H6F3O5S-. The molecule has 0 atom stereocenters. The number of halogens is 3. The first-order valence-corrected chi connectivity index (χ1v) is 6.03. The fraction of sp³-hybridized carbons (Fsp3) is 0.100. The van der Waals surface area contributed by atoms with Gasteiger partial charge in [-0.3, -0.25) is 0 Å². The van der Waals surface area contributed by atoms with E-state index in [2.05, 4.69) is 4.18 Å². The maximum atomic E-state index is 12.1. The lowest BCUT2D eigenvalue weighted by molar-refractivity contribution is -0.297. The molecule has 0 saturated carbocycles. The Balaban J connectivity index is 3.13. The third-order valence-corrected chi connectivity index (χ3v) is 2.77. The summed E-state index contributed by atoms with van der Waals surface area (Å²) in [6.45, 7) is 0. The lowest BCUT2D eigenvalue weighted by Crippen LogP contribution is -2.28. The lowest BCUT2D eigenvalue weighted by atomic mass is 10.2. The number of alkyl halides is 3. The van der Waals surface area contributed by atoms with Crippen LogP contribution in [0.25, 0.3) is 6.08 Å². The van der Waals surface area contributed by atoms with E-state index in [0.717, 1.165) is 12.1 Å². The molecule has 19 heavy (non-hydrogen) atoms. The van der Waals surface area contributed by atoms with E-state index in [-0.39, 0.29) is 5.56 Å². The minimum absolute atomic E-state index is 0.153. The van der Waals surface area contributed by atoms with Gasteiger partial charge >= 0.3 is 15.6 Å². The number of rotatable bonds is 4. The van der Waals surface area contributed by atoms with Gasteiger partial charge in [0.1, 0.15) is 5.75 Å². The van der Waals surface area contributed by atoms with Gasteiger partial charge < -0.3 is 14.1 Å². The topological polar surface area (TPSA) is 83.5 Å². The molecule has 0 aromatic heterocycles. The molecule has 0 fully saturated rings. The number of hydrogen-bond donors (Lipinski definition) is 0. The van der Waals surface area contributed by atoms with Gasteiger partial charge in [-0.15, -0.1) is 0 Å². The van der Waals surface area contributed by atoms with Gasteiger partial charge in [0.05, 0.1) is 5.97 Å². The smallest absolute Gasteiger partial charge is 0.534 e. The molecule has 0 spiro atoms. The molecule has 0 N–H and O–H groups in total.